The maximum Gasteiger partial charge on any atom is 0.328 e. The van der Waals surface area contributed by atoms with Crippen LogP contribution in [0.15, 0.2) is 18.3 Å². The van der Waals surface area contributed by atoms with Gasteiger partial charge in [0.05, 0.1) is 0 Å². The summed E-state index contributed by atoms with van der Waals surface area (Å²) in [7, 11) is 0. The van der Waals surface area contributed by atoms with Crippen molar-refractivity contribution in [1.82, 2.24) is 4.98 Å². The summed E-state index contributed by atoms with van der Waals surface area (Å²) < 4.78 is 13.0. The molecule has 0 aliphatic rings. The Morgan fingerprint density at radius 3 is 2.85 bits per heavy atom. The van der Waals surface area contributed by atoms with E-state index in [9.17, 15) is 9.18 Å². The highest BCUT2D eigenvalue weighted by Crippen LogP contribution is 2.19. The zero-order valence-electron chi connectivity index (χ0n) is 6.99. The molecule has 0 aromatic carbocycles. The Kier molecular flexibility index (Phi) is 2.29. The molecular weight excluding hydrogens is 175 g/mol. The normalized spacial score (nSPS) is 15.0. The monoisotopic (exact) mass is 184 g/mol. The third kappa shape index (κ3) is 1.65. The van der Waals surface area contributed by atoms with Crippen molar-refractivity contribution >= 4 is 5.97 Å². The van der Waals surface area contributed by atoms with Gasteiger partial charge in [-0.1, -0.05) is 6.07 Å². The van der Waals surface area contributed by atoms with Gasteiger partial charge in [-0.15, -0.1) is 0 Å². The maximum atomic E-state index is 13.0. The van der Waals surface area contributed by atoms with Crippen LogP contribution in [0.5, 0.6) is 0 Å². The van der Waals surface area contributed by atoms with Gasteiger partial charge in [-0.3, -0.25) is 0 Å². The first-order valence-electron chi connectivity index (χ1n) is 3.59. The van der Waals surface area contributed by atoms with E-state index in [1.54, 1.807) is 0 Å². The van der Waals surface area contributed by atoms with Crippen molar-refractivity contribution in [1.29, 1.82) is 0 Å². The fourth-order valence-corrected chi connectivity index (χ4v) is 0.889. The quantitative estimate of drug-likeness (QED) is 0.655. The van der Waals surface area contributed by atoms with Crippen LogP contribution in [-0.4, -0.2) is 16.1 Å². The number of aliphatic carboxylic acids is 1. The zero-order valence-corrected chi connectivity index (χ0v) is 6.99. The van der Waals surface area contributed by atoms with Crippen molar-refractivity contribution in [3.8, 4) is 0 Å². The molecule has 0 spiro atoms. The van der Waals surface area contributed by atoms with Crippen LogP contribution in [0, 0.1) is 5.95 Å². The second-order valence-corrected chi connectivity index (χ2v) is 2.85. The van der Waals surface area contributed by atoms with Gasteiger partial charge in [0.1, 0.15) is 5.54 Å². The molecule has 1 rings (SSSR count). The summed E-state index contributed by atoms with van der Waals surface area (Å²) in [4.78, 5) is 14.0. The molecule has 0 amide bonds. The van der Waals surface area contributed by atoms with Crippen molar-refractivity contribution in [2.45, 2.75) is 12.5 Å². The van der Waals surface area contributed by atoms with E-state index >= 15 is 0 Å². The highest BCUT2D eigenvalue weighted by Gasteiger charge is 2.33. The number of carboxylic acid groups (broad SMARTS) is 1. The van der Waals surface area contributed by atoms with E-state index in [0.717, 1.165) is 0 Å². The van der Waals surface area contributed by atoms with Crippen LogP contribution in [0.4, 0.5) is 4.39 Å². The molecule has 4 nitrogen and oxygen atoms in total. The molecule has 0 bridgehead atoms. The highest BCUT2D eigenvalue weighted by molar-refractivity contribution is 5.79. The van der Waals surface area contributed by atoms with E-state index in [2.05, 4.69) is 4.98 Å². The minimum Gasteiger partial charge on any atom is -0.480 e. The number of hydrogen-bond acceptors (Lipinski definition) is 3. The predicted molar refractivity (Wildman–Crippen MR) is 43.4 cm³/mol. The minimum atomic E-state index is -1.74. The summed E-state index contributed by atoms with van der Waals surface area (Å²) in [5.41, 5.74) is 3.54. The molecule has 0 aliphatic carbocycles. The van der Waals surface area contributed by atoms with Crippen LogP contribution in [0.2, 0.25) is 0 Å². The summed E-state index contributed by atoms with van der Waals surface area (Å²) >= 11 is 0. The second-order valence-electron chi connectivity index (χ2n) is 2.85. The Morgan fingerprint density at radius 1 is 1.77 bits per heavy atom. The fraction of sp³-hybridized carbons (Fsp3) is 0.250. The van der Waals surface area contributed by atoms with Gasteiger partial charge in [-0.25, -0.2) is 9.78 Å². The van der Waals surface area contributed by atoms with Gasteiger partial charge < -0.3 is 10.8 Å². The molecule has 1 unspecified atom stereocenters. The van der Waals surface area contributed by atoms with E-state index in [-0.39, 0.29) is 5.56 Å². The van der Waals surface area contributed by atoms with Crippen molar-refractivity contribution in [2.75, 3.05) is 0 Å². The van der Waals surface area contributed by atoms with Crippen LogP contribution >= 0.6 is 0 Å². The van der Waals surface area contributed by atoms with E-state index < -0.39 is 17.5 Å². The molecule has 1 aromatic heterocycles. The standard InChI is InChI=1S/C8H9FN2O2/c1-8(10,7(12)13)5-3-2-4-11-6(5)9/h2-4H,10H2,1H3,(H,12,13). The first kappa shape index (κ1) is 9.60. The molecule has 0 saturated heterocycles. The molecule has 0 radical (unpaired) electrons. The third-order valence-electron chi connectivity index (χ3n) is 1.76. The molecule has 0 aliphatic heterocycles. The van der Waals surface area contributed by atoms with E-state index in [1.807, 2.05) is 0 Å². The van der Waals surface area contributed by atoms with Crippen molar-refractivity contribution in [3.63, 3.8) is 0 Å². The number of nitrogens with zero attached hydrogens (tertiary/aromatic N) is 1. The summed E-state index contributed by atoms with van der Waals surface area (Å²) in [5.74, 6) is -2.14. The van der Waals surface area contributed by atoms with Crippen LogP contribution in [0.25, 0.3) is 0 Å². The molecule has 3 N–H and O–H groups in total. The van der Waals surface area contributed by atoms with Gasteiger partial charge in [0, 0.05) is 11.8 Å². The summed E-state index contributed by atoms with van der Waals surface area (Å²) in [6.07, 6.45) is 1.23. The molecule has 5 heteroatoms. The first-order chi connectivity index (χ1) is 5.96. The van der Waals surface area contributed by atoms with Gasteiger partial charge in [-0.2, -0.15) is 4.39 Å². The summed E-state index contributed by atoms with van der Waals surface area (Å²) in [6.45, 7) is 1.22. The van der Waals surface area contributed by atoms with Crippen LogP contribution in [-0.2, 0) is 10.3 Å². The van der Waals surface area contributed by atoms with E-state index in [1.165, 1.54) is 25.3 Å². The third-order valence-corrected chi connectivity index (χ3v) is 1.76. The number of nitrogens with two attached hydrogens (primary N) is 1. The fourth-order valence-electron chi connectivity index (χ4n) is 0.889. The van der Waals surface area contributed by atoms with Gasteiger partial charge in [0.2, 0.25) is 5.95 Å². The number of aromatic nitrogens is 1. The van der Waals surface area contributed by atoms with Crippen LogP contribution in [0.3, 0.4) is 0 Å². The molecule has 70 valence electrons. The molecule has 1 heterocycles. The van der Waals surface area contributed by atoms with Gasteiger partial charge in [-0.05, 0) is 13.0 Å². The molecule has 0 fully saturated rings. The lowest BCUT2D eigenvalue weighted by atomic mass is 9.95. The number of rotatable bonds is 2. The van der Waals surface area contributed by atoms with Crippen LogP contribution < -0.4 is 5.73 Å². The lowest BCUT2D eigenvalue weighted by molar-refractivity contribution is -0.143. The Balaban J connectivity index is 3.22. The SMILES string of the molecule is CC(N)(C(=O)O)c1cccnc1F. The largest absolute Gasteiger partial charge is 0.480 e. The van der Waals surface area contributed by atoms with Gasteiger partial charge in [0.25, 0.3) is 0 Å². The number of halogens is 1. The number of carboxylic acids is 1. The maximum absolute atomic E-state index is 13.0. The second kappa shape index (κ2) is 3.10. The Bertz CT molecular complexity index is 339. The number of hydrogen-bond donors (Lipinski definition) is 2. The Hall–Kier alpha value is -1.49. The Labute approximate surface area is 74.2 Å². The molecule has 0 saturated carbocycles. The highest BCUT2D eigenvalue weighted by atomic mass is 19.1. The number of carbonyl (C=O) groups is 1. The lowest BCUT2D eigenvalue weighted by Gasteiger charge is -2.19. The van der Waals surface area contributed by atoms with Crippen molar-refractivity contribution in [3.05, 3.63) is 29.8 Å². The first-order valence-corrected chi connectivity index (χ1v) is 3.59. The van der Waals surface area contributed by atoms with E-state index in [4.69, 9.17) is 10.8 Å². The smallest absolute Gasteiger partial charge is 0.328 e. The predicted octanol–water partition coefficient (Wildman–Crippen LogP) is 0.479. The van der Waals surface area contributed by atoms with Gasteiger partial charge in [0.15, 0.2) is 0 Å². The average molecular weight is 184 g/mol. The van der Waals surface area contributed by atoms with E-state index in [0.29, 0.717) is 0 Å². The molecule has 1 atom stereocenters. The summed E-state index contributed by atoms with van der Waals surface area (Å²) in [5, 5.41) is 8.70. The number of pyridine rings is 1. The molecular formula is C8H9FN2O2. The van der Waals surface area contributed by atoms with Crippen molar-refractivity contribution < 1.29 is 14.3 Å². The van der Waals surface area contributed by atoms with Crippen molar-refractivity contribution in [2.24, 2.45) is 5.73 Å². The molecule has 1 aromatic rings. The minimum absolute atomic E-state index is 0.123. The van der Waals surface area contributed by atoms with Crippen LogP contribution in [0.1, 0.15) is 12.5 Å². The average Bonchev–Trinajstić information content (AvgIpc) is 2.04. The zero-order chi connectivity index (χ0) is 10.1. The Morgan fingerprint density at radius 2 is 2.38 bits per heavy atom. The van der Waals surface area contributed by atoms with Gasteiger partial charge >= 0.3 is 5.97 Å². The molecule has 13 heavy (non-hydrogen) atoms. The topological polar surface area (TPSA) is 76.2 Å². The summed E-state index contributed by atoms with van der Waals surface area (Å²) in [6, 6.07) is 2.74. The lowest BCUT2D eigenvalue weighted by Crippen LogP contribution is -2.42.